The standard InChI is InChI=1S/C7H8ClNO/c1-9-4-2-3-6(5-9)7(8)10/h2-4H,5H2,1H3. The molecule has 2 nitrogen and oxygen atoms in total. The third-order valence-electron chi connectivity index (χ3n) is 1.31. The maximum absolute atomic E-state index is 10.6. The van der Waals surface area contributed by atoms with E-state index in [1.165, 1.54) is 0 Å². The lowest BCUT2D eigenvalue weighted by Gasteiger charge is -2.16. The highest BCUT2D eigenvalue weighted by molar-refractivity contribution is 6.67. The molecule has 0 aromatic carbocycles. The Balaban J connectivity index is 2.71. The van der Waals surface area contributed by atoms with E-state index in [0.29, 0.717) is 12.1 Å². The number of nitrogens with zero attached hydrogens (tertiary/aromatic N) is 1. The van der Waals surface area contributed by atoms with Crippen LogP contribution in [-0.2, 0) is 4.79 Å². The van der Waals surface area contributed by atoms with Crippen LogP contribution >= 0.6 is 11.6 Å². The van der Waals surface area contributed by atoms with Crippen molar-refractivity contribution < 1.29 is 4.79 Å². The van der Waals surface area contributed by atoms with E-state index < -0.39 is 0 Å². The first-order valence-corrected chi connectivity index (χ1v) is 3.35. The molecule has 0 saturated heterocycles. The fraction of sp³-hybridized carbons (Fsp3) is 0.286. The molecule has 0 saturated carbocycles. The number of likely N-dealkylation sites (N-methyl/N-ethyl adjacent to an activating group) is 1. The Bertz CT molecular complexity index is 208. The largest absolute Gasteiger partial charge is 0.376 e. The minimum Gasteiger partial charge on any atom is -0.376 e. The van der Waals surface area contributed by atoms with Crippen molar-refractivity contribution in [2.75, 3.05) is 13.6 Å². The second-order valence-corrected chi connectivity index (χ2v) is 2.57. The van der Waals surface area contributed by atoms with Crippen LogP contribution in [0.15, 0.2) is 23.9 Å². The molecule has 0 N–H and O–H groups in total. The lowest BCUT2D eigenvalue weighted by atomic mass is 10.2. The smallest absolute Gasteiger partial charge is 0.250 e. The van der Waals surface area contributed by atoms with Gasteiger partial charge in [-0.3, -0.25) is 4.79 Å². The van der Waals surface area contributed by atoms with E-state index in [-0.39, 0.29) is 5.24 Å². The van der Waals surface area contributed by atoms with Crippen molar-refractivity contribution in [2.45, 2.75) is 0 Å². The van der Waals surface area contributed by atoms with Gasteiger partial charge in [-0.15, -0.1) is 0 Å². The number of allylic oxidation sites excluding steroid dienone is 2. The van der Waals surface area contributed by atoms with Gasteiger partial charge in [0.1, 0.15) is 0 Å². The molecule has 0 aliphatic carbocycles. The summed E-state index contributed by atoms with van der Waals surface area (Å²) in [6.07, 6.45) is 5.43. The Kier molecular flexibility index (Phi) is 2.12. The maximum atomic E-state index is 10.6. The molecule has 0 atom stereocenters. The minimum absolute atomic E-state index is 0.365. The van der Waals surface area contributed by atoms with Crippen molar-refractivity contribution in [3.8, 4) is 0 Å². The van der Waals surface area contributed by atoms with E-state index in [0.717, 1.165) is 0 Å². The second-order valence-electron chi connectivity index (χ2n) is 2.22. The molecule has 0 spiro atoms. The van der Waals surface area contributed by atoms with Crippen molar-refractivity contribution >= 4 is 16.8 Å². The van der Waals surface area contributed by atoms with Gasteiger partial charge < -0.3 is 4.90 Å². The number of rotatable bonds is 1. The average Bonchev–Trinajstić information content (AvgIpc) is 1.88. The molecule has 0 amide bonds. The Morgan fingerprint density at radius 3 is 2.90 bits per heavy atom. The van der Waals surface area contributed by atoms with Crippen molar-refractivity contribution in [2.24, 2.45) is 0 Å². The molecule has 0 fully saturated rings. The summed E-state index contributed by atoms with van der Waals surface area (Å²) >= 11 is 5.25. The van der Waals surface area contributed by atoms with Gasteiger partial charge in [-0.05, 0) is 23.9 Å². The molecule has 3 heteroatoms. The van der Waals surface area contributed by atoms with Crippen molar-refractivity contribution in [1.82, 2.24) is 4.90 Å². The third kappa shape index (κ3) is 1.61. The Morgan fingerprint density at radius 1 is 1.80 bits per heavy atom. The van der Waals surface area contributed by atoms with Gasteiger partial charge in [0.15, 0.2) is 0 Å². The van der Waals surface area contributed by atoms with Gasteiger partial charge >= 0.3 is 0 Å². The quantitative estimate of drug-likeness (QED) is 0.532. The van der Waals surface area contributed by atoms with Crippen LogP contribution in [0.25, 0.3) is 0 Å². The molecule has 1 aliphatic heterocycles. The van der Waals surface area contributed by atoms with Gasteiger partial charge in [-0.2, -0.15) is 0 Å². The second kappa shape index (κ2) is 2.88. The van der Waals surface area contributed by atoms with Crippen LogP contribution in [0.2, 0.25) is 0 Å². The number of carbonyl (C=O) groups is 1. The first kappa shape index (κ1) is 7.35. The fourth-order valence-electron chi connectivity index (χ4n) is 0.808. The van der Waals surface area contributed by atoms with Crippen LogP contribution in [0, 0.1) is 0 Å². The van der Waals surface area contributed by atoms with Gasteiger partial charge in [0.25, 0.3) is 0 Å². The van der Waals surface area contributed by atoms with Crippen LogP contribution < -0.4 is 0 Å². The monoisotopic (exact) mass is 157 g/mol. The molecular weight excluding hydrogens is 150 g/mol. The fourth-order valence-corrected chi connectivity index (χ4v) is 0.931. The van der Waals surface area contributed by atoms with E-state index in [4.69, 9.17) is 11.6 Å². The summed E-state index contributed by atoms with van der Waals surface area (Å²) in [4.78, 5) is 12.5. The minimum atomic E-state index is -0.365. The van der Waals surface area contributed by atoms with Crippen LogP contribution in [0.4, 0.5) is 0 Å². The van der Waals surface area contributed by atoms with Crippen LogP contribution in [0.5, 0.6) is 0 Å². The van der Waals surface area contributed by atoms with Crippen molar-refractivity contribution in [1.29, 1.82) is 0 Å². The van der Waals surface area contributed by atoms with E-state index >= 15 is 0 Å². The van der Waals surface area contributed by atoms with Gasteiger partial charge in [0.2, 0.25) is 5.24 Å². The highest BCUT2D eigenvalue weighted by atomic mass is 35.5. The van der Waals surface area contributed by atoms with E-state index in [9.17, 15) is 4.79 Å². The molecular formula is C7H8ClNO. The first-order valence-electron chi connectivity index (χ1n) is 2.97. The first-order chi connectivity index (χ1) is 4.70. The van der Waals surface area contributed by atoms with Crippen LogP contribution in [0.3, 0.4) is 0 Å². The summed E-state index contributed by atoms with van der Waals surface area (Å²) in [6, 6.07) is 0. The highest BCUT2D eigenvalue weighted by Crippen LogP contribution is 2.07. The molecule has 1 rings (SSSR count). The van der Waals surface area contributed by atoms with Crippen LogP contribution in [-0.4, -0.2) is 23.7 Å². The van der Waals surface area contributed by atoms with E-state index in [2.05, 4.69) is 0 Å². The SMILES string of the molecule is CN1C=CC=C(C(=O)Cl)C1. The van der Waals surface area contributed by atoms with Gasteiger partial charge in [-0.25, -0.2) is 0 Å². The lowest BCUT2D eigenvalue weighted by Crippen LogP contribution is -2.19. The molecule has 0 aromatic heterocycles. The number of hydrogen-bond donors (Lipinski definition) is 0. The highest BCUT2D eigenvalue weighted by Gasteiger charge is 2.08. The third-order valence-corrected chi connectivity index (χ3v) is 1.55. The summed E-state index contributed by atoms with van der Waals surface area (Å²) in [5.41, 5.74) is 0.645. The summed E-state index contributed by atoms with van der Waals surface area (Å²) in [5, 5.41) is -0.365. The molecule has 0 bridgehead atoms. The van der Waals surface area contributed by atoms with Crippen molar-refractivity contribution in [3.63, 3.8) is 0 Å². The molecule has 1 aliphatic rings. The van der Waals surface area contributed by atoms with Gasteiger partial charge in [0, 0.05) is 19.2 Å². The Hall–Kier alpha value is -0.760. The molecule has 10 heavy (non-hydrogen) atoms. The lowest BCUT2D eigenvalue weighted by molar-refractivity contribution is -0.108. The zero-order chi connectivity index (χ0) is 7.56. The molecule has 54 valence electrons. The van der Waals surface area contributed by atoms with Gasteiger partial charge in [-0.1, -0.05) is 6.08 Å². The normalized spacial score (nSPS) is 17.0. The number of halogens is 1. The average molecular weight is 158 g/mol. The summed E-state index contributed by atoms with van der Waals surface area (Å²) in [7, 11) is 1.89. The summed E-state index contributed by atoms with van der Waals surface area (Å²) in [6.45, 7) is 0.610. The Morgan fingerprint density at radius 2 is 2.50 bits per heavy atom. The maximum Gasteiger partial charge on any atom is 0.250 e. The van der Waals surface area contributed by atoms with E-state index in [1.54, 1.807) is 12.2 Å². The molecule has 1 heterocycles. The predicted molar refractivity (Wildman–Crippen MR) is 40.7 cm³/mol. The molecule has 0 aromatic rings. The summed E-state index contributed by atoms with van der Waals surface area (Å²) in [5.74, 6) is 0. The summed E-state index contributed by atoms with van der Waals surface area (Å²) < 4.78 is 0. The molecule has 0 unspecified atom stereocenters. The number of hydrogen-bond acceptors (Lipinski definition) is 2. The topological polar surface area (TPSA) is 20.3 Å². The van der Waals surface area contributed by atoms with Gasteiger partial charge in [0.05, 0.1) is 0 Å². The van der Waals surface area contributed by atoms with Crippen LogP contribution in [0.1, 0.15) is 0 Å². The van der Waals surface area contributed by atoms with E-state index in [1.807, 2.05) is 18.1 Å². The zero-order valence-corrected chi connectivity index (χ0v) is 6.43. The predicted octanol–water partition coefficient (Wildman–Crippen LogP) is 1.14. The molecule has 0 radical (unpaired) electrons. The Labute approximate surface area is 64.8 Å². The number of carbonyl (C=O) groups excluding carboxylic acids is 1. The van der Waals surface area contributed by atoms with Crippen molar-refractivity contribution in [3.05, 3.63) is 23.9 Å². The zero-order valence-electron chi connectivity index (χ0n) is 5.67.